The first kappa shape index (κ1) is 18.0. The first-order valence-electron chi connectivity index (χ1n) is 8.56. The van der Waals surface area contributed by atoms with E-state index in [9.17, 15) is 14.4 Å². The number of hydrogen-bond acceptors (Lipinski definition) is 3. The van der Waals surface area contributed by atoms with Crippen molar-refractivity contribution >= 4 is 28.3 Å². The summed E-state index contributed by atoms with van der Waals surface area (Å²) in [6, 6.07) is 17.2. The van der Waals surface area contributed by atoms with Gasteiger partial charge in [-0.1, -0.05) is 48.0 Å². The average molecular weight is 393 g/mol. The molecule has 138 valence electrons. The van der Waals surface area contributed by atoms with Gasteiger partial charge in [0, 0.05) is 28.3 Å². The van der Waals surface area contributed by atoms with Gasteiger partial charge in [0.05, 0.1) is 5.92 Å². The van der Waals surface area contributed by atoms with Crippen LogP contribution in [0.3, 0.4) is 0 Å². The number of allylic oxidation sites excluding steroid dienone is 1. The molecule has 3 aromatic carbocycles. The Labute approximate surface area is 165 Å². The Balaban J connectivity index is 2.04. The van der Waals surface area contributed by atoms with Gasteiger partial charge in [-0.3, -0.25) is 10.1 Å². The number of hydrogen-bond donors (Lipinski definition) is 1. The van der Waals surface area contributed by atoms with Crippen molar-refractivity contribution in [3.05, 3.63) is 88.0 Å². The first-order chi connectivity index (χ1) is 13.5. The SMILES string of the molecule is CC(=O)NC1=C(C#N)C(c2ccc(F)cc2)c2cc(Cl)c3ccccc3c2O1. The lowest BCUT2D eigenvalue weighted by Crippen LogP contribution is -2.29. The zero-order valence-electron chi connectivity index (χ0n) is 14.8. The Morgan fingerprint density at radius 1 is 1.18 bits per heavy atom. The van der Waals surface area contributed by atoms with Crippen molar-refractivity contribution in [2.45, 2.75) is 12.8 Å². The number of fused-ring (bicyclic) bond motifs is 3. The molecule has 1 aliphatic rings. The molecule has 4 nitrogen and oxygen atoms in total. The number of nitrogens with one attached hydrogen (secondary N) is 1. The first-order valence-corrected chi connectivity index (χ1v) is 8.93. The molecule has 0 fully saturated rings. The molecule has 1 heterocycles. The fourth-order valence-corrected chi connectivity index (χ4v) is 3.75. The molecule has 1 unspecified atom stereocenters. The zero-order valence-corrected chi connectivity index (χ0v) is 15.5. The third-order valence-corrected chi connectivity index (χ3v) is 4.95. The van der Waals surface area contributed by atoms with Gasteiger partial charge in [0.1, 0.15) is 23.2 Å². The van der Waals surface area contributed by atoms with Crippen molar-refractivity contribution in [1.82, 2.24) is 5.32 Å². The second kappa shape index (κ2) is 6.99. The highest BCUT2D eigenvalue weighted by molar-refractivity contribution is 6.36. The van der Waals surface area contributed by atoms with Crippen LogP contribution in [0.15, 0.2) is 66.1 Å². The van der Waals surface area contributed by atoms with E-state index < -0.39 is 5.92 Å². The number of carbonyl (C=O) groups excluding carboxylic acids is 1. The molecule has 0 saturated carbocycles. The summed E-state index contributed by atoms with van der Waals surface area (Å²) in [5, 5.41) is 14.5. The molecule has 0 radical (unpaired) electrons. The maximum Gasteiger partial charge on any atom is 0.223 e. The zero-order chi connectivity index (χ0) is 19.8. The number of nitrogens with zero attached hydrogens (tertiary/aromatic N) is 1. The number of benzene rings is 3. The lowest BCUT2D eigenvalue weighted by Gasteiger charge is -2.29. The third kappa shape index (κ3) is 2.98. The highest BCUT2D eigenvalue weighted by Gasteiger charge is 2.33. The van der Waals surface area contributed by atoms with Gasteiger partial charge in [0.15, 0.2) is 0 Å². The second-order valence-corrected chi connectivity index (χ2v) is 6.85. The van der Waals surface area contributed by atoms with Crippen molar-refractivity contribution in [3.8, 4) is 11.8 Å². The number of nitriles is 1. The van der Waals surface area contributed by atoms with Gasteiger partial charge < -0.3 is 4.74 Å². The standard InChI is InChI=1S/C22H14ClFN2O2/c1-12(27)26-22-18(11-25)20(13-6-8-14(24)9-7-13)17-10-19(23)15-4-2-3-5-16(15)21(17)28-22/h2-10,20H,1H3,(H,26,27). The number of ether oxygens (including phenoxy) is 1. The molecule has 1 amide bonds. The van der Waals surface area contributed by atoms with Crippen LogP contribution in [-0.4, -0.2) is 5.91 Å². The summed E-state index contributed by atoms with van der Waals surface area (Å²) >= 11 is 6.50. The predicted molar refractivity (Wildman–Crippen MR) is 104 cm³/mol. The van der Waals surface area contributed by atoms with Crippen LogP contribution in [0.2, 0.25) is 5.02 Å². The highest BCUT2D eigenvalue weighted by Crippen LogP contribution is 2.47. The maximum absolute atomic E-state index is 13.5. The highest BCUT2D eigenvalue weighted by atomic mass is 35.5. The summed E-state index contributed by atoms with van der Waals surface area (Å²) in [5.74, 6) is -0.709. The number of carbonyl (C=O) groups is 1. The summed E-state index contributed by atoms with van der Waals surface area (Å²) in [4.78, 5) is 11.7. The molecule has 28 heavy (non-hydrogen) atoms. The van der Waals surface area contributed by atoms with E-state index >= 15 is 0 Å². The van der Waals surface area contributed by atoms with Gasteiger partial charge in [-0.2, -0.15) is 5.26 Å². The van der Waals surface area contributed by atoms with Gasteiger partial charge in [-0.15, -0.1) is 0 Å². The summed E-state index contributed by atoms with van der Waals surface area (Å²) in [5.41, 5.74) is 1.60. The largest absolute Gasteiger partial charge is 0.439 e. The van der Waals surface area contributed by atoms with Crippen LogP contribution < -0.4 is 10.1 Å². The normalized spacial score (nSPS) is 15.6. The molecule has 0 saturated heterocycles. The molecule has 0 aliphatic carbocycles. The lowest BCUT2D eigenvalue weighted by molar-refractivity contribution is -0.118. The minimum atomic E-state index is -0.557. The topological polar surface area (TPSA) is 62.1 Å². The molecule has 0 bridgehead atoms. The van der Waals surface area contributed by atoms with Crippen molar-refractivity contribution < 1.29 is 13.9 Å². The molecule has 4 rings (SSSR count). The van der Waals surface area contributed by atoms with E-state index in [-0.39, 0.29) is 23.2 Å². The van der Waals surface area contributed by atoms with E-state index in [1.54, 1.807) is 18.2 Å². The van der Waals surface area contributed by atoms with E-state index in [0.29, 0.717) is 21.9 Å². The predicted octanol–water partition coefficient (Wildman–Crippen LogP) is 5.03. The van der Waals surface area contributed by atoms with Crippen molar-refractivity contribution in [1.29, 1.82) is 5.26 Å². The molecular weight excluding hydrogens is 379 g/mol. The summed E-state index contributed by atoms with van der Waals surface area (Å²) in [6.07, 6.45) is 0. The van der Waals surface area contributed by atoms with Crippen LogP contribution in [0, 0.1) is 17.1 Å². The Hall–Kier alpha value is -3.36. The van der Waals surface area contributed by atoms with E-state index in [2.05, 4.69) is 11.4 Å². The Morgan fingerprint density at radius 3 is 2.50 bits per heavy atom. The summed E-state index contributed by atoms with van der Waals surface area (Å²) in [7, 11) is 0. The average Bonchev–Trinajstić information content (AvgIpc) is 2.68. The molecule has 1 atom stereocenters. The van der Waals surface area contributed by atoms with E-state index in [1.165, 1.54) is 19.1 Å². The number of amides is 1. The van der Waals surface area contributed by atoms with Crippen LogP contribution in [0.25, 0.3) is 10.8 Å². The fourth-order valence-electron chi connectivity index (χ4n) is 3.47. The number of halogens is 2. The maximum atomic E-state index is 13.5. The fraction of sp³-hybridized carbons (Fsp3) is 0.0909. The van der Waals surface area contributed by atoms with Gasteiger partial charge >= 0.3 is 0 Å². The van der Waals surface area contributed by atoms with E-state index in [0.717, 1.165) is 10.8 Å². The Kier molecular flexibility index (Phi) is 4.50. The summed E-state index contributed by atoms with van der Waals surface area (Å²) in [6.45, 7) is 1.34. The van der Waals surface area contributed by atoms with Gasteiger partial charge in [-0.25, -0.2) is 4.39 Å². The van der Waals surface area contributed by atoms with Crippen LogP contribution in [0.4, 0.5) is 4.39 Å². The molecule has 0 spiro atoms. The van der Waals surface area contributed by atoms with Crippen molar-refractivity contribution in [2.24, 2.45) is 0 Å². The molecule has 6 heteroatoms. The number of rotatable bonds is 2. The van der Waals surface area contributed by atoms with E-state index in [1.807, 2.05) is 24.3 Å². The smallest absolute Gasteiger partial charge is 0.223 e. The van der Waals surface area contributed by atoms with Crippen molar-refractivity contribution in [3.63, 3.8) is 0 Å². The van der Waals surface area contributed by atoms with Crippen LogP contribution in [0.5, 0.6) is 5.75 Å². The van der Waals surface area contributed by atoms with Crippen LogP contribution in [-0.2, 0) is 4.79 Å². The van der Waals surface area contributed by atoms with Gasteiger partial charge in [0.25, 0.3) is 0 Å². The van der Waals surface area contributed by atoms with Gasteiger partial charge in [0.2, 0.25) is 11.8 Å². The summed E-state index contributed by atoms with van der Waals surface area (Å²) < 4.78 is 19.5. The Morgan fingerprint density at radius 2 is 1.86 bits per heavy atom. The van der Waals surface area contributed by atoms with E-state index in [4.69, 9.17) is 16.3 Å². The molecule has 0 aromatic heterocycles. The quantitative estimate of drug-likeness (QED) is 0.665. The Bertz CT molecular complexity index is 1180. The lowest BCUT2D eigenvalue weighted by atomic mass is 9.82. The second-order valence-electron chi connectivity index (χ2n) is 6.44. The third-order valence-electron chi connectivity index (χ3n) is 4.64. The minimum Gasteiger partial charge on any atom is -0.439 e. The monoisotopic (exact) mass is 392 g/mol. The van der Waals surface area contributed by atoms with Crippen LogP contribution in [0.1, 0.15) is 24.0 Å². The van der Waals surface area contributed by atoms with Crippen molar-refractivity contribution in [2.75, 3.05) is 0 Å². The molecule has 1 aliphatic heterocycles. The molecule has 3 aromatic rings. The van der Waals surface area contributed by atoms with Crippen LogP contribution >= 0.6 is 11.6 Å². The minimum absolute atomic E-state index is 0.0734. The van der Waals surface area contributed by atoms with Gasteiger partial charge in [-0.05, 0) is 23.8 Å². The molecule has 1 N–H and O–H groups in total. The molecular formula is C22H14ClFN2O2.